The van der Waals surface area contributed by atoms with Crippen LogP contribution in [0.1, 0.15) is 29.3 Å². The van der Waals surface area contributed by atoms with Crippen LogP contribution in [0.25, 0.3) is 0 Å². The normalized spacial score (nSPS) is 34.0. The Bertz CT molecular complexity index is 1690. The van der Waals surface area contributed by atoms with E-state index in [1.54, 1.807) is 18.2 Å². The molecule has 0 radical (unpaired) electrons. The quantitative estimate of drug-likeness (QED) is 0.0468. The SMILES string of the molecule is CC(=O)N[C@H]1[C@H](OCCCNC(=O)COc2cccc(C(=O)OCc3ccccc3)c2)O[C@H](CO)[C@@H](O[C@@H]2O[C@H](CO)[C@H](O)[C@H](O[C@H]3O[C@H](CO)[C@H](O)[C@H](O)[C@H]3O)[C@H]2O)[C@@H]1O. The van der Waals surface area contributed by atoms with Crippen LogP contribution in [0.3, 0.4) is 0 Å². The van der Waals surface area contributed by atoms with Crippen molar-refractivity contribution in [3.63, 3.8) is 0 Å². The predicted octanol–water partition coefficient (Wildman–Crippen LogP) is -4.46. The van der Waals surface area contributed by atoms with E-state index in [1.807, 2.05) is 30.3 Å². The Morgan fingerprint density at radius 1 is 0.689 bits per heavy atom. The Labute approximate surface area is 349 Å². The third kappa shape index (κ3) is 12.6. The van der Waals surface area contributed by atoms with E-state index in [9.17, 15) is 60.3 Å². The first-order valence-electron chi connectivity index (χ1n) is 19.5. The summed E-state index contributed by atoms with van der Waals surface area (Å²) in [5.74, 6) is -1.40. The van der Waals surface area contributed by atoms with E-state index >= 15 is 0 Å². The Balaban J connectivity index is 1.12. The molecule has 3 aliphatic heterocycles. The monoisotopic (exact) mass is 870 g/mol. The Morgan fingerprint density at radius 2 is 1.33 bits per heavy atom. The summed E-state index contributed by atoms with van der Waals surface area (Å²) < 4.78 is 44.9. The van der Waals surface area contributed by atoms with Gasteiger partial charge in [0.2, 0.25) is 5.91 Å². The van der Waals surface area contributed by atoms with Crippen molar-refractivity contribution < 1.29 is 98.2 Å². The van der Waals surface area contributed by atoms with Gasteiger partial charge in [0.25, 0.3) is 5.91 Å². The molecule has 2 aromatic carbocycles. The highest BCUT2D eigenvalue weighted by atomic mass is 16.8. The standard InChI is InChI=1S/C39H54N2O20/c1-19(45)41-27-30(49)34(60-39-33(52)35(29(48)24(15-43)58-39)61-38-32(51)31(50)28(47)23(14-42)57-38)25(16-44)59-37(27)54-12-6-11-40-26(46)18-55-22-10-5-9-21(13-22)36(53)56-17-20-7-3-2-4-8-20/h2-5,7-10,13,23-25,27-35,37-39,42-44,47-52H,6,11-12,14-18H2,1H3,(H,40,46)(H,41,45)/t23-,24-,25-,27-,28+,29+,30-,31+,32-,33-,34-,35+,37-,38-,39+/m1/s1. The van der Waals surface area contributed by atoms with E-state index in [4.69, 9.17) is 37.9 Å². The summed E-state index contributed by atoms with van der Waals surface area (Å²) >= 11 is 0. The summed E-state index contributed by atoms with van der Waals surface area (Å²) in [6.45, 7) is -1.54. The molecule has 22 nitrogen and oxygen atoms in total. The highest BCUT2D eigenvalue weighted by Gasteiger charge is 2.54. The maximum atomic E-state index is 12.5. The summed E-state index contributed by atoms with van der Waals surface area (Å²) in [6, 6.07) is 14.0. The van der Waals surface area contributed by atoms with Gasteiger partial charge < -0.3 is 94.5 Å². The zero-order chi connectivity index (χ0) is 44.2. The third-order valence-corrected chi connectivity index (χ3v) is 10.1. The lowest BCUT2D eigenvalue weighted by molar-refractivity contribution is -0.376. The van der Waals surface area contributed by atoms with Crippen LogP contribution in [0.4, 0.5) is 0 Å². The van der Waals surface area contributed by atoms with E-state index in [1.165, 1.54) is 6.07 Å². The van der Waals surface area contributed by atoms with E-state index < -0.39 is 130 Å². The van der Waals surface area contributed by atoms with Crippen LogP contribution in [0.15, 0.2) is 54.6 Å². The van der Waals surface area contributed by atoms with Crippen LogP contribution in [0, 0.1) is 0 Å². The van der Waals surface area contributed by atoms with Crippen LogP contribution >= 0.6 is 0 Å². The zero-order valence-corrected chi connectivity index (χ0v) is 33.0. The first-order valence-corrected chi connectivity index (χ1v) is 19.5. The number of benzene rings is 2. The number of hydrogen-bond acceptors (Lipinski definition) is 20. The number of ether oxygens (including phenoxy) is 8. The minimum absolute atomic E-state index is 0.0804. The number of rotatable bonds is 19. The molecule has 3 aliphatic rings. The summed E-state index contributed by atoms with van der Waals surface area (Å²) in [6.07, 6.45) is -23.4. The van der Waals surface area contributed by atoms with Crippen molar-refractivity contribution in [3.8, 4) is 5.75 Å². The molecule has 5 rings (SSSR count). The molecule has 61 heavy (non-hydrogen) atoms. The second-order valence-electron chi connectivity index (χ2n) is 14.5. The van der Waals surface area contributed by atoms with Crippen molar-refractivity contribution in [2.45, 2.75) is 112 Å². The van der Waals surface area contributed by atoms with Gasteiger partial charge in [0.15, 0.2) is 25.5 Å². The maximum absolute atomic E-state index is 12.5. The van der Waals surface area contributed by atoms with Crippen LogP contribution in [0.2, 0.25) is 0 Å². The molecule has 22 heteroatoms. The van der Waals surface area contributed by atoms with Crippen LogP contribution in [-0.2, 0) is 49.4 Å². The largest absolute Gasteiger partial charge is 0.484 e. The van der Waals surface area contributed by atoms with Gasteiger partial charge in [0.1, 0.15) is 85.5 Å². The van der Waals surface area contributed by atoms with Crippen LogP contribution < -0.4 is 15.4 Å². The molecular formula is C39H54N2O20. The van der Waals surface area contributed by atoms with Gasteiger partial charge in [-0.2, -0.15) is 0 Å². The number of aliphatic hydroxyl groups is 9. The van der Waals surface area contributed by atoms with E-state index in [0.717, 1.165) is 12.5 Å². The molecule has 2 aromatic rings. The molecule has 3 fully saturated rings. The molecule has 0 spiro atoms. The third-order valence-electron chi connectivity index (χ3n) is 10.1. The van der Waals surface area contributed by atoms with Crippen LogP contribution in [0.5, 0.6) is 5.75 Å². The lowest BCUT2D eigenvalue weighted by atomic mass is 9.95. The molecule has 3 heterocycles. The number of carbonyl (C=O) groups is 3. The Kier molecular flexibility index (Phi) is 18.1. The second-order valence-corrected chi connectivity index (χ2v) is 14.5. The minimum Gasteiger partial charge on any atom is -0.484 e. The Hall–Kier alpha value is -3.95. The molecule has 11 N–H and O–H groups in total. The van der Waals surface area contributed by atoms with Gasteiger partial charge in [-0.25, -0.2) is 4.79 Å². The van der Waals surface area contributed by atoms with Gasteiger partial charge in [0.05, 0.1) is 32.0 Å². The van der Waals surface area contributed by atoms with Crippen molar-refractivity contribution >= 4 is 17.8 Å². The fraction of sp³-hybridized carbons (Fsp3) is 0.615. The molecular weight excluding hydrogens is 816 g/mol. The van der Waals surface area contributed by atoms with Crippen molar-refractivity contribution in [2.75, 3.05) is 39.6 Å². The number of amides is 2. The fourth-order valence-corrected chi connectivity index (χ4v) is 6.80. The van der Waals surface area contributed by atoms with Gasteiger partial charge in [-0.15, -0.1) is 0 Å². The smallest absolute Gasteiger partial charge is 0.338 e. The van der Waals surface area contributed by atoms with Crippen molar-refractivity contribution in [2.24, 2.45) is 0 Å². The van der Waals surface area contributed by atoms with E-state index in [2.05, 4.69) is 10.6 Å². The molecule has 15 atom stereocenters. The van der Waals surface area contributed by atoms with Crippen molar-refractivity contribution in [3.05, 3.63) is 65.7 Å². The molecule has 2 amide bonds. The highest BCUT2D eigenvalue weighted by Crippen LogP contribution is 2.33. The van der Waals surface area contributed by atoms with E-state index in [0.29, 0.717) is 0 Å². The predicted molar refractivity (Wildman–Crippen MR) is 202 cm³/mol. The molecule has 340 valence electrons. The second kappa shape index (κ2) is 22.9. The summed E-state index contributed by atoms with van der Waals surface area (Å²) in [5.41, 5.74) is 1.06. The molecule has 0 bridgehead atoms. The zero-order valence-electron chi connectivity index (χ0n) is 33.0. The maximum Gasteiger partial charge on any atom is 0.338 e. The van der Waals surface area contributed by atoms with Crippen LogP contribution in [-0.4, -0.2) is 195 Å². The molecule has 0 aromatic heterocycles. The number of hydrogen-bond donors (Lipinski definition) is 11. The van der Waals surface area contributed by atoms with Gasteiger partial charge in [-0.05, 0) is 30.2 Å². The van der Waals surface area contributed by atoms with E-state index in [-0.39, 0.29) is 44.1 Å². The first-order chi connectivity index (χ1) is 29.3. The number of carbonyl (C=O) groups excluding carboxylic acids is 3. The van der Waals surface area contributed by atoms with Gasteiger partial charge in [-0.1, -0.05) is 36.4 Å². The average Bonchev–Trinajstić information content (AvgIpc) is 3.26. The molecule has 0 saturated carbocycles. The van der Waals surface area contributed by atoms with Gasteiger partial charge in [-0.3, -0.25) is 9.59 Å². The summed E-state index contributed by atoms with van der Waals surface area (Å²) in [7, 11) is 0. The summed E-state index contributed by atoms with van der Waals surface area (Å²) in [4.78, 5) is 37.2. The van der Waals surface area contributed by atoms with Crippen molar-refractivity contribution in [1.82, 2.24) is 10.6 Å². The highest BCUT2D eigenvalue weighted by molar-refractivity contribution is 5.89. The lowest BCUT2D eigenvalue weighted by Crippen LogP contribution is -2.68. The lowest BCUT2D eigenvalue weighted by Gasteiger charge is -2.48. The Morgan fingerprint density at radius 3 is 2.00 bits per heavy atom. The minimum atomic E-state index is -1.97. The van der Waals surface area contributed by atoms with Crippen molar-refractivity contribution in [1.29, 1.82) is 0 Å². The molecule has 0 aliphatic carbocycles. The van der Waals surface area contributed by atoms with Gasteiger partial charge >= 0.3 is 5.97 Å². The molecule has 0 unspecified atom stereocenters. The number of aliphatic hydroxyl groups excluding tert-OH is 9. The van der Waals surface area contributed by atoms with Gasteiger partial charge in [0, 0.05) is 13.5 Å². The first kappa shape index (κ1) is 48.1. The average molecular weight is 871 g/mol. The topological polar surface area (TPSA) is 331 Å². The number of nitrogens with one attached hydrogen (secondary N) is 2. The molecule has 3 saturated heterocycles. The fourth-order valence-electron chi connectivity index (χ4n) is 6.80. The number of esters is 1. The summed E-state index contributed by atoms with van der Waals surface area (Å²) in [5, 5.41) is 99.2.